The van der Waals surface area contributed by atoms with Crippen molar-refractivity contribution in [1.82, 2.24) is 9.55 Å². The summed E-state index contributed by atoms with van der Waals surface area (Å²) in [6.45, 7) is -0.224. The van der Waals surface area contributed by atoms with E-state index in [1.54, 1.807) is 17.6 Å². The number of carbonyl (C=O) groups is 2. The van der Waals surface area contributed by atoms with Crippen LogP contribution in [0, 0.1) is 0 Å². The third kappa shape index (κ3) is 3.53. The van der Waals surface area contributed by atoms with Crippen molar-refractivity contribution in [1.29, 1.82) is 0 Å². The minimum atomic E-state index is -1.04. The normalized spacial score (nSPS) is 24.0. The van der Waals surface area contributed by atoms with E-state index in [0.717, 1.165) is 15.3 Å². The SMILES string of the molecule is O=C1O[C@@H]2[C@H](O1)[C@@H](COC(=O)c1ccc3ccccc3c1)O[C@H]2n1ccc(NO)nc1=O. The summed E-state index contributed by atoms with van der Waals surface area (Å²) >= 11 is 0. The molecule has 4 atom stereocenters. The Hall–Kier alpha value is -3.96. The third-order valence-corrected chi connectivity index (χ3v) is 5.33. The molecular weight excluding hydrogens is 422 g/mol. The second-order valence-corrected chi connectivity index (χ2v) is 7.25. The number of esters is 1. The minimum absolute atomic E-state index is 0.0543. The van der Waals surface area contributed by atoms with Crippen LogP contribution in [0.2, 0.25) is 0 Å². The Morgan fingerprint density at radius 3 is 2.66 bits per heavy atom. The van der Waals surface area contributed by atoms with Crippen molar-refractivity contribution in [3.8, 4) is 0 Å². The molecule has 3 heterocycles. The molecule has 32 heavy (non-hydrogen) atoms. The lowest BCUT2D eigenvalue weighted by atomic mass is 10.1. The van der Waals surface area contributed by atoms with Crippen LogP contribution in [0.1, 0.15) is 16.6 Å². The van der Waals surface area contributed by atoms with Gasteiger partial charge >= 0.3 is 17.8 Å². The number of fused-ring (bicyclic) bond motifs is 2. The molecule has 11 nitrogen and oxygen atoms in total. The molecule has 2 aliphatic rings. The summed E-state index contributed by atoms with van der Waals surface area (Å²) in [4.78, 5) is 40.2. The van der Waals surface area contributed by atoms with Crippen molar-refractivity contribution < 1.29 is 33.7 Å². The van der Waals surface area contributed by atoms with Gasteiger partial charge in [0.2, 0.25) is 0 Å². The van der Waals surface area contributed by atoms with Gasteiger partial charge in [-0.1, -0.05) is 30.3 Å². The van der Waals surface area contributed by atoms with Gasteiger partial charge in [0, 0.05) is 6.20 Å². The van der Waals surface area contributed by atoms with E-state index in [9.17, 15) is 14.4 Å². The Kier molecular flexibility index (Phi) is 4.96. The van der Waals surface area contributed by atoms with E-state index in [2.05, 4.69) is 4.98 Å². The van der Waals surface area contributed by atoms with Crippen LogP contribution >= 0.6 is 0 Å². The highest BCUT2D eigenvalue weighted by Gasteiger charge is 2.55. The summed E-state index contributed by atoms with van der Waals surface area (Å²) in [6, 6.07) is 14.1. The largest absolute Gasteiger partial charge is 0.509 e. The first-order valence-electron chi connectivity index (χ1n) is 9.71. The Bertz CT molecular complexity index is 1260. The van der Waals surface area contributed by atoms with Gasteiger partial charge in [-0.15, -0.1) is 0 Å². The van der Waals surface area contributed by atoms with Crippen molar-refractivity contribution in [2.24, 2.45) is 0 Å². The number of anilines is 1. The van der Waals surface area contributed by atoms with Gasteiger partial charge < -0.3 is 18.9 Å². The monoisotopic (exact) mass is 439 g/mol. The first-order chi connectivity index (χ1) is 15.5. The molecule has 11 heteroatoms. The summed E-state index contributed by atoms with van der Waals surface area (Å²) < 4.78 is 22.7. The minimum Gasteiger partial charge on any atom is -0.459 e. The maximum absolute atomic E-state index is 12.6. The number of carbonyl (C=O) groups excluding carboxylic acids is 2. The molecule has 0 saturated carbocycles. The fourth-order valence-electron chi connectivity index (χ4n) is 3.81. The summed E-state index contributed by atoms with van der Waals surface area (Å²) in [7, 11) is 0. The van der Waals surface area contributed by atoms with E-state index in [-0.39, 0.29) is 12.4 Å². The number of rotatable bonds is 5. The second-order valence-electron chi connectivity index (χ2n) is 7.25. The lowest BCUT2D eigenvalue weighted by Gasteiger charge is -2.18. The molecule has 1 aromatic heterocycles. The highest BCUT2D eigenvalue weighted by Crippen LogP contribution is 2.37. The van der Waals surface area contributed by atoms with E-state index in [4.69, 9.17) is 24.2 Å². The quantitative estimate of drug-likeness (QED) is 0.447. The Morgan fingerprint density at radius 1 is 1.09 bits per heavy atom. The van der Waals surface area contributed by atoms with Crippen LogP contribution < -0.4 is 11.2 Å². The number of hydrogen-bond donors (Lipinski definition) is 2. The van der Waals surface area contributed by atoms with Crippen molar-refractivity contribution in [3.63, 3.8) is 0 Å². The second kappa shape index (κ2) is 7.94. The van der Waals surface area contributed by atoms with Gasteiger partial charge in [0.05, 0.1) is 5.56 Å². The van der Waals surface area contributed by atoms with E-state index in [1.165, 1.54) is 12.3 Å². The van der Waals surface area contributed by atoms with Crippen LogP contribution in [0.3, 0.4) is 0 Å². The molecule has 5 rings (SSSR count). The molecule has 0 bridgehead atoms. The standard InChI is InChI=1S/C21H17N3O8/c25-19(13-6-5-11-3-1-2-4-12(11)9-13)29-10-14-16-17(32-21(27)31-16)18(30-14)24-8-7-15(23-28)22-20(24)26/h1-9,14,16-18,28H,10H2,(H,22,23,26)/t14-,16-,17-,18-/m1/s1. The summed E-state index contributed by atoms with van der Waals surface area (Å²) in [5, 5.41) is 10.8. The predicted molar refractivity (Wildman–Crippen MR) is 107 cm³/mol. The Morgan fingerprint density at radius 2 is 1.88 bits per heavy atom. The summed E-state index contributed by atoms with van der Waals surface area (Å²) in [5.74, 6) is -0.622. The van der Waals surface area contributed by atoms with E-state index < -0.39 is 42.4 Å². The molecule has 0 spiro atoms. The molecule has 2 fully saturated rings. The Balaban J connectivity index is 1.32. The molecule has 0 amide bonds. The molecular formula is C21H17N3O8. The van der Waals surface area contributed by atoms with E-state index in [1.807, 2.05) is 30.3 Å². The molecule has 0 unspecified atom stereocenters. The van der Waals surface area contributed by atoms with Crippen LogP contribution in [0.25, 0.3) is 10.8 Å². The fourth-order valence-corrected chi connectivity index (χ4v) is 3.81. The first kappa shape index (κ1) is 20.0. The van der Waals surface area contributed by atoms with Crippen molar-refractivity contribution >= 4 is 28.7 Å². The molecule has 164 valence electrons. The van der Waals surface area contributed by atoms with Gasteiger partial charge in [-0.05, 0) is 29.0 Å². The lowest BCUT2D eigenvalue weighted by Crippen LogP contribution is -2.34. The van der Waals surface area contributed by atoms with Crippen molar-refractivity contribution in [3.05, 3.63) is 70.8 Å². The predicted octanol–water partition coefficient (Wildman–Crippen LogP) is 1.86. The van der Waals surface area contributed by atoms with Gasteiger partial charge in [0.25, 0.3) is 0 Å². The average molecular weight is 439 g/mol. The highest BCUT2D eigenvalue weighted by molar-refractivity contribution is 5.95. The van der Waals surface area contributed by atoms with E-state index in [0.29, 0.717) is 5.56 Å². The van der Waals surface area contributed by atoms with Gasteiger partial charge in [0.1, 0.15) is 12.7 Å². The molecule has 2 aromatic carbocycles. The van der Waals surface area contributed by atoms with Crippen LogP contribution in [-0.2, 0) is 18.9 Å². The molecule has 0 radical (unpaired) electrons. The van der Waals surface area contributed by atoms with Crippen LogP contribution in [0.5, 0.6) is 0 Å². The zero-order chi connectivity index (χ0) is 22.2. The third-order valence-electron chi connectivity index (χ3n) is 5.33. The highest BCUT2D eigenvalue weighted by atomic mass is 16.8. The lowest BCUT2D eigenvalue weighted by molar-refractivity contribution is -0.0769. The molecule has 2 N–H and O–H groups in total. The topological polar surface area (TPSA) is 138 Å². The first-order valence-corrected chi connectivity index (χ1v) is 9.71. The van der Waals surface area contributed by atoms with Crippen molar-refractivity contribution in [2.75, 3.05) is 12.1 Å². The maximum Gasteiger partial charge on any atom is 0.509 e. The molecule has 0 aliphatic carbocycles. The zero-order valence-electron chi connectivity index (χ0n) is 16.4. The van der Waals surface area contributed by atoms with Gasteiger partial charge in [0.15, 0.2) is 24.3 Å². The number of aromatic nitrogens is 2. The molecule has 2 aliphatic heterocycles. The van der Waals surface area contributed by atoms with Crippen LogP contribution in [0.15, 0.2) is 59.5 Å². The molecule has 2 saturated heterocycles. The number of nitrogens with one attached hydrogen (secondary N) is 1. The summed E-state index contributed by atoms with van der Waals surface area (Å²) in [6.07, 6.45) is -3.29. The van der Waals surface area contributed by atoms with E-state index >= 15 is 0 Å². The number of hydrogen-bond acceptors (Lipinski definition) is 10. The fraction of sp³-hybridized carbons (Fsp3) is 0.238. The van der Waals surface area contributed by atoms with Crippen molar-refractivity contribution in [2.45, 2.75) is 24.5 Å². The number of ether oxygens (including phenoxy) is 4. The van der Waals surface area contributed by atoms with Crippen LogP contribution in [-0.4, -0.2) is 51.8 Å². The van der Waals surface area contributed by atoms with Crippen LogP contribution in [0.4, 0.5) is 10.6 Å². The summed E-state index contributed by atoms with van der Waals surface area (Å²) in [5.41, 5.74) is 1.39. The smallest absolute Gasteiger partial charge is 0.459 e. The van der Waals surface area contributed by atoms with Gasteiger partial charge in [-0.3, -0.25) is 15.3 Å². The average Bonchev–Trinajstić information content (AvgIpc) is 3.34. The molecule has 3 aromatic rings. The Labute approximate surface area is 180 Å². The number of nitrogens with zero attached hydrogens (tertiary/aromatic N) is 2. The number of benzene rings is 2. The van der Waals surface area contributed by atoms with Gasteiger partial charge in [-0.2, -0.15) is 4.98 Å². The van der Waals surface area contributed by atoms with Gasteiger partial charge in [-0.25, -0.2) is 14.4 Å². The zero-order valence-corrected chi connectivity index (χ0v) is 16.4. The maximum atomic E-state index is 12.6.